The Kier molecular flexibility index (Phi) is 5.83. The van der Waals surface area contributed by atoms with Crippen LogP contribution >= 0.6 is 15.9 Å². The lowest BCUT2D eigenvalue weighted by Gasteiger charge is -2.06. The summed E-state index contributed by atoms with van der Waals surface area (Å²) in [5.41, 5.74) is 0.812. The van der Waals surface area contributed by atoms with E-state index in [4.69, 9.17) is 9.47 Å². The fourth-order valence-corrected chi connectivity index (χ4v) is 1.48. The molecule has 0 unspecified atom stereocenters. The van der Waals surface area contributed by atoms with Crippen molar-refractivity contribution in [2.24, 2.45) is 0 Å². The van der Waals surface area contributed by atoms with Gasteiger partial charge in [-0.1, -0.05) is 12.1 Å². The summed E-state index contributed by atoms with van der Waals surface area (Å²) in [4.78, 5) is 0. The quantitative estimate of drug-likeness (QED) is 0.744. The highest BCUT2D eigenvalue weighted by Gasteiger charge is 2.04. The molecule has 84 valence electrons. The molecule has 1 aromatic rings. The van der Waals surface area contributed by atoms with Gasteiger partial charge in [-0.25, -0.2) is 4.39 Å². The van der Waals surface area contributed by atoms with Gasteiger partial charge in [0.2, 0.25) is 0 Å². The third-order valence-corrected chi connectivity index (χ3v) is 2.75. The Balaban J connectivity index is 2.34. The maximum absolute atomic E-state index is 13.1. The van der Waals surface area contributed by atoms with Gasteiger partial charge in [-0.2, -0.15) is 0 Å². The molecule has 2 nitrogen and oxygen atoms in total. The average Bonchev–Trinajstić information content (AvgIpc) is 2.24. The molecule has 0 aliphatic heterocycles. The molecule has 0 aliphatic rings. The molecule has 0 spiro atoms. The predicted molar refractivity (Wildman–Crippen MR) is 60.2 cm³/mol. The van der Waals surface area contributed by atoms with Crippen LogP contribution in [0.2, 0.25) is 0 Å². The van der Waals surface area contributed by atoms with Crippen LogP contribution in [0.3, 0.4) is 0 Å². The third-order valence-electron chi connectivity index (χ3n) is 1.87. The van der Waals surface area contributed by atoms with Gasteiger partial charge in [-0.05, 0) is 34.5 Å². The maximum atomic E-state index is 13.1. The maximum Gasteiger partial charge on any atom is 0.137 e. The average molecular weight is 277 g/mol. The van der Waals surface area contributed by atoms with E-state index in [2.05, 4.69) is 15.9 Å². The van der Waals surface area contributed by atoms with Crippen molar-refractivity contribution in [3.8, 4) is 0 Å². The van der Waals surface area contributed by atoms with E-state index >= 15 is 0 Å². The number of hydrogen-bond acceptors (Lipinski definition) is 2. The Morgan fingerprint density at radius 2 is 2.00 bits per heavy atom. The molecule has 0 N–H and O–H groups in total. The minimum Gasteiger partial charge on any atom is -0.379 e. The molecule has 1 rings (SSSR count). The largest absolute Gasteiger partial charge is 0.379 e. The van der Waals surface area contributed by atoms with Crippen LogP contribution in [0.1, 0.15) is 12.5 Å². The van der Waals surface area contributed by atoms with Crippen LogP contribution < -0.4 is 0 Å². The molecule has 4 heteroatoms. The van der Waals surface area contributed by atoms with Crippen molar-refractivity contribution >= 4 is 15.9 Å². The number of halogens is 2. The van der Waals surface area contributed by atoms with Gasteiger partial charge in [0.15, 0.2) is 0 Å². The van der Waals surface area contributed by atoms with Crippen LogP contribution in [-0.2, 0) is 16.1 Å². The van der Waals surface area contributed by atoms with Crippen LogP contribution in [0.5, 0.6) is 0 Å². The van der Waals surface area contributed by atoms with Gasteiger partial charge in [-0.3, -0.25) is 0 Å². The highest BCUT2D eigenvalue weighted by molar-refractivity contribution is 9.10. The zero-order chi connectivity index (χ0) is 11.1. The number of rotatable bonds is 6. The lowest BCUT2D eigenvalue weighted by molar-refractivity contribution is 0.0450. The van der Waals surface area contributed by atoms with E-state index in [0.717, 1.165) is 5.56 Å². The number of ether oxygens (including phenoxy) is 2. The molecule has 0 radical (unpaired) electrons. The highest BCUT2D eigenvalue weighted by Crippen LogP contribution is 2.20. The lowest BCUT2D eigenvalue weighted by Crippen LogP contribution is -2.04. The summed E-state index contributed by atoms with van der Waals surface area (Å²) in [6, 6.07) is 4.91. The molecule has 0 bridgehead atoms. The van der Waals surface area contributed by atoms with Gasteiger partial charge < -0.3 is 9.47 Å². The molecular formula is C11H14BrFO2. The van der Waals surface area contributed by atoms with E-state index in [-0.39, 0.29) is 5.82 Å². The van der Waals surface area contributed by atoms with Gasteiger partial charge >= 0.3 is 0 Å². The summed E-state index contributed by atoms with van der Waals surface area (Å²) < 4.78 is 24.0. The lowest BCUT2D eigenvalue weighted by atomic mass is 10.2. The van der Waals surface area contributed by atoms with Crippen molar-refractivity contribution in [1.82, 2.24) is 0 Å². The molecule has 1 aromatic carbocycles. The second-order valence-corrected chi connectivity index (χ2v) is 3.76. The Hall–Kier alpha value is -0.450. The summed E-state index contributed by atoms with van der Waals surface area (Å²) in [6.45, 7) is 4.11. The summed E-state index contributed by atoms with van der Waals surface area (Å²) in [7, 11) is 0. The second kappa shape index (κ2) is 6.93. The Bertz CT molecular complexity index is 305. The number of hydrogen-bond donors (Lipinski definition) is 0. The summed E-state index contributed by atoms with van der Waals surface area (Å²) in [5.74, 6) is -0.263. The van der Waals surface area contributed by atoms with Crippen LogP contribution in [0, 0.1) is 5.82 Å². The molecule has 0 heterocycles. The van der Waals surface area contributed by atoms with Crippen LogP contribution in [0.4, 0.5) is 4.39 Å². The summed E-state index contributed by atoms with van der Waals surface area (Å²) >= 11 is 3.18. The van der Waals surface area contributed by atoms with Crippen molar-refractivity contribution < 1.29 is 13.9 Å². The fourth-order valence-electron chi connectivity index (χ4n) is 1.10. The van der Waals surface area contributed by atoms with E-state index in [9.17, 15) is 4.39 Å². The van der Waals surface area contributed by atoms with E-state index in [1.54, 1.807) is 6.07 Å². The summed E-state index contributed by atoms with van der Waals surface area (Å²) in [6.07, 6.45) is 0. The van der Waals surface area contributed by atoms with E-state index in [0.29, 0.717) is 30.9 Å². The van der Waals surface area contributed by atoms with Crippen LogP contribution in [-0.4, -0.2) is 19.8 Å². The second-order valence-electron chi connectivity index (χ2n) is 2.96. The first-order valence-electron chi connectivity index (χ1n) is 4.84. The van der Waals surface area contributed by atoms with E-state index in [1.807, 2.05) is 13.0 Å². The molecule has 0 amide bonds. The first-order valence-corrected chi connectivity index (χ1v) is 5.63. The first-order chi connectivity index (χ1) is 7.25. The zero-order valence-corrected chi connectivity index (χ0v) is 10.2. The van der Waals surface area contributed by atoms with Crippen molar-refractivity contribution in [3.63, 3.8) is 0 Å². The third kappa shape index (κ3) is 4.28. The number of benzene rings is 1. The first kappa shape index (κ1) is 12.6. The SMILES string of the molecule is CCOCCOCc1cccc(F)c1Br. The Morgan fingerprint density at radius 3 is 2.73 bits per heavy atom. The molecule has 0 aromatic heterocycles. The molecule has 0 fully saturated rings. The van der Waals surface area contributed by atoms with Crippen LogP contribution in [0.15, 0.2) is 22.7 Å². The van der Waals surface area contributed by atoms with Crippen molar-refractivity contribution in [2.45, 2.75) is 13.5 Å². The molecule has 0 saturated carbocycles. The molecule has 15 heavy (non-hydrogen) atoms. The van der Waals surface area contributed by atoms with Gasteiger partial charge in [0, 0.05) is 6.61 Å². The molecule has 0 aliphatic carbocycles. The minimum atomic E-state index is -0.263. The molecule has 0 saturated heterocycles. The van der Waals surface area contributed by atoms with E-state index in [1.165, 1.54) is 6.07 Å². The normalized spacial score (nSPS) is 10.6. The van der Waals surface area contributed by atoms with Gasteiger partial charge in [0.1, 0.15) is 5.82 Å². The van der Waals surface area contributed by atoms with Crippen molar-refractivity contribution in [2.75, 3.05) is 19.8 Å². The van der Waals surface area contributed by atoms with E-state index < -0.39 is 0 Å². The van der Waals surface area contributed by atoms with Gasteiger partial charge in [0.05, 0.1) is 24.3 Å². The van der Waals surface area contributed by atoms with Gasteiger partial charge in [-0.15, -0.1) is 0 Å². The Labute approximate surface area is 97.5 Å². The predicted octanol–water partition coefficient (Wildman–Crippen LogP) is 3.14. The molecular weight excluding hydrogens is 263 g/mol. The van der Waals surface area contributed by atoms with Crippen molar-refractivity contribution in [3.05, 3.63) is 34.1 Å². The molecule has 0 atom stereocenters. The monoisotopic (exact) mass is 276 g/mol. The Morgan fingerprint density at radius 1 is 1.27 bits per heavy atom. The minimum absolute atomic E-state index is 0.263. The zero-order valence-electron chi connectivity index (χ0n) is 8.63. The standard InChI is InChI=1S/C11H14BrFO2/c1-2-14-6-7-15-8-9-4-3-5-10(13)11(9)12/h3-5H,2,6-8H2,1H3. The van der Waals surface area contributed by atoms with Crippen molar-refractivity contribution in [1.29, 1.82) is 0 Å². The summed E-state index contributed by atoms with van der Waals surface area (Å²) in [5, 5.41) is 0. The smallest absolute Gasteiger partial charge is 0.137 e. The highest BCUT2D eigenvalue weighted by atomic mass is 79.9. The topological polar surface area (TPSA) is 18.5 Å². The fraction of sp³-hybridized carbons (Fsp3) is 0.455. The van der Waals surface area contributed by atoms with Crippen LogP contribution in [0.25, 0.3) is 0 Å². The van der Waals surface area contributed by atoms with Gasteiger partial charge in [0.25, 0.3) is 0 Å².